The fourth-order valence-electron chi connectivity index (χ4n) is 2.98. The molecule has 1 unspecified atom stereocenters. The molecule has 0 saturated carbocycles. The quantitative estimate of drug-likeness (QED) is 0.840. The average Bonchev–Trinajstić information content (AvgIpc) is 2.56. The van der Waals surface area contributed by atoms with Crippen LogP contribution in [0, 0.1) is 13.8 Å². The van der Waals surface area contributed by atoms with E-state index in [1.807, 2.05) is 19.1 Å². The summed E-state index contributed by atoms with van der Waals surface area (Å²) in [6, 6.07) is 12.6. The van der Waals surface area contributed by atoms with Crippen LogP contribution in [-0.2, 0) is 6.42 Å². The summed E-state index contributed by atoms with van der Waals surface area (Å²) in [7, 11) is 1.67. The lowest BCUT2D eigenvalue weighted by Crippen LogP contribution is -2.17. The highest BCUT2D eigenvalue weighted by Crippen LogP contribution is 2.35. The summed E-state index contributed by atoms with van der Waals surface area (Å²) in [6.07, 6.45) is 0.841. The molecule has 0 aliphatic rings. The van der Waals surface area contributed by atoms with Crippen LogP contribution in [0.5, 0.6) is 11.5 Å². The van der Waals surface area contributed by atoms with Crippen molar-refractivity contribution in [1.82, 2.24) is 0 Å². The van der Waals surface area contributed by atoms with Crippen LogP contribution in [0.1, 0.15) is 35.1 Å². The monoisotopic (exact) mass is 313 g/mol. The summed E-state index contributed by atoms with van der Waals surface area (Å²) in [5, 5.41) is 0. The van der Waals surface area contributed by atoms with E-state index in [1.54, 1.807) is 7.11 Å². The molecular formula is C20H27NO2. The molecule has 2 N–H and O–H groups in total. The van der Waals surface area contributed by atoms with Gasteiger partial charge in [-0.2, -0.15) is 0 Å². The van der Waals surface area contributed by atoms with Crippen LogP contribution in [0.2, 0.25) is 0 Å². The fraction of sp³-hybridized carbons (Fsp3) is 0.400. The van der Waals surface area contributed by atoms with E-state index in [1.165, 1.54) is 16.7 Å². The third-order valence-electron chi connectivity index (χ3n) is 4.19. The highest BCUT2D eigenvalue weighted by Gasteiger charge is 2.18. The summed E-state index contributed by atoms with van der Waals surface area (Å²) in [4.78, 5) is 0. The van der Waals surface area contributed by atoms with Gasteiger partial charge in [0.1, 0.15) is 0 Å². The highest BCUT2D eigenvalue weighted by molar-refractivity contribution is 5.48. The normalized spacial score (nSPS) is 12.0. The first-order valence-electron chi connectivity index (χ1n) is 8.16. The Morgan fingerprint density at radius 1 is 1.13 bits per heavy atom. The lowest BCUT2D eigenvalue weighted by Gasteiger charge is -2.21. The van der Waals surface area contributed by atoms with Crippen molar-refractivity contribution in [3.8, 4) is 11.5 Å². The number of hydrogen-bond donors (Lipinski definition) is 1. The van der Waals surface area contributed by atoms with Gasteiger partial charge in [-0.1, -0.05) is 35.9 Å². The Labute approximate surface area is 139 Å². The van der Waals surface area contributed by atoms with Crippen molar-refractivity contribution < 1.29 is 9.47 Å². The van der Waals surface area contributed by atoms with E-state index in [0.717, 1.165) is 23.5 Å². The second kappa shape index (κ2) is 8.02. The van der Waals surface area contributed by atoms with Crippen molar-refractivity contribution >= 4 is 0 Å². The lowest BCUT2D eigenvalue weighted by atomic mass is 9.88. The maximum Gasteiger partial charge on any atom is 0.164 e. The Bertz CT molecular complexity index is 652. The Hall–Kier alpha value is -2.00. The summed E-state index contributed by atoms with van der Waals surface area (Å²) in [6.45, 7) is 7.47. The van der Waals surface area contributed by atoms with E-state index in [0.29, 0.717) is 13.2 Å². The van der Waals surface area contributed by atoms with Gasteiger partial charge in [0.2, 0.25) is 0 Å². The number of rotatable bonds is 7. The second-order valence-corrected chi connectivity index (χ2v) is 5.88. The molecule has 3 heteroatoms. The number of methoxy groups -OCH3 is 1. The SMILES string of the molecule is CCOc1c(CC(CN)c2cc(C)ccc2C)cccc1OC. The molecule has 2 rings (SSSR count). The summed E-state index contributed by atoms with van der Waals surface area (Å²) >= 11 is 0. The van der Waals surface area contributed by atoms with Crippen LogP contribution in [0.15, 0.2) is 36.4 Å². The van der Waals surface area contributed by atoms with Gasteiger partial charge in [0, 0.05) is 5.92 Å². The minimum atomic E-state index is 0.265. The molecule has 0 aliphatic heterocycles. The molecule has 0 aromatic heterocycles. The molecule has 0 aliphatic carbocycles. The average molecular weight is 313 g/mol. The van der Waals surface area contributed by atoms with Gasteiger partial charge in [-0.25, -0.2) is 0 Å². The zero-order valence-corrected chi connectivity index (χ0v) is 14.6. The van der Waals surface area contributed by atoms with Crippen LogP contribution in [0.25, 0.3) is 0 Å². The molecule has 3 nitrogen and oxygen atoms in total. The van der Waals surface area contributed by atoms with E-state index in [2.05, 4.69) is 38.1 Å². The van der Waals surface area contributed by atoms with Gasteiger partial charge >= 0.3 is 0 Å². The number of para-hydroxylation sites is 1. The van der Waals surface area contributed by atoms with Crippen molar-refractivity contribution in [3.63, 3.8) is 0 Å². The minimum Gasteiger partial charge on any atom is -0.493 e. The Balaban J connectivity index is 2.37. The number of nitrogens with two attached hydrogens (primary N) is 1. The Morgan fingerprint density at radius 3 is 2.57 bits per heavy atom. The molecule has 0 spiro atoms. The maximum atomic E-state index is 6.09. The first kappa shape index (κ1) is 17.4. The van der Waals surface area contributed by atoms with Crippen molar-refractivity contribution in [3.05, 3.63) is 58.7 Å². The van der Waals surface area contributed by atoms with Crippen molar-refractivity contribution in [2.75, 3.05) is 20.3 Å². The van der Waals surface area contributed by atoms with Crippen molar-refractivity contribution in [2.24, 2.45) is 5.73 Å². The third kappa shape index (κ3) is 4.05. The molecule has 0 fully saturated rings. The molecule has 0 radical (unpaired) electrons. The molecule has 23 heavy (non-hydrogen) atoms. The molecule has 1 atom stereocenters. The minimum absolute atomic E-state index is 0.265. The Morgan fingerprint density at radius 2 is 1.91 bits per heavy atom. The number of benzene rings is 2. The molecule has 124 valence electrons. The van der Waals surface area contributed by atoms with E-state index in [9.17, 15) is 0 Å². The van der Waals surface area contributed by atoms with Crippen LogP contribution in [0.3, 0.4) is 0 Å². The predicted molar refractivity (Wildman–Crippen MR) is 95.6 cm³/mol. The van der Waals surface area contributed by atoms with Gasteiger partial charge in [0.25, 0.3) is 0 Å². The van der Waals surface area contributed by atoms with E-state index < -0.39 is 0 Å². The highest BCUT2D eigenvalue weighted by atomic mass is 16.5. The zero-order valence-electron chi connectivity index (χ0n) is 14.6. The smallest absolute Gasteiger partial charge is 0.164 e. The molecular weight excluding hydrogens is 286 g/mol. The number of ether oxygens (including phenoxy) is 2. The largest absolute Gasteiger partial charge is 0.493 e. The molecule has 2 aromatic carbocycles. The van der Waals surface area contributed by atoms with Gasteiger partial charge in [0.15, 0.2) is 11.5 Å². The topological polar surface area (TPSA) is 44.5 Å². The molecule has 0 heterocycles. The zero-order chi connectivity index (χ0) is 16.8. The van der Waals surface area contributed by atoms with Crippen molar-refractivity contribution in [2.45, 2.75) is 33.1 Å². The summed E-state index contributed by atoms with van der Waals surface area (Å²) in [5.41, 5.74) is 11.1. The van der Waals surface area contributed by atoms with Crippen LogP contribution >= 0.6 is 0 Å². The van der Waals surface area contributed by atoms with Gasteiger partial charge in [-0.3, -0.25) is 0 Å². The van der Waals surface area contributed by atoms with Crippen LogP contribution in [-0.4, -0.2) is 20.3 Å². The maximum absolute atomic E-state index is 6.09. The third-order valence-corrected chi connectivity index (χ3v) is 4.19. The van der Waals surface area contributed by atoms with E-state index >= 15 is 0 Å². The lowest BCUT2D eigenvalue weighted by molar-refractivity contribution is 0.307. The standard InChI is InChI=1S/C20H27NO2/c1-5-23-20-16(7-6-8-19(20)22-4)12-17(13-21)18-11-14(2)9-10-15(18)3/h6-11,17H,5,12-13,21H2,1-4H3. The number of hydrogen-bond acceptors (Lipinski definition) is 3. The first-order valence-corrected chi connectivity index (χ1v) is 8.16. The molecule has 0 bridgehead atoms. The van der Waals surface area contributed by atoms with Crippen molar-refractivity contribution in [1.29, 1.82) is 0 Å². The van der Waals surface area contributed by atoms with E-state index in [4.69, 9.17) is 15.2 Å². The molecule has 2 aromatic rings. The van der Waals surface area contributed by atoms with Crippen LogP contribution < -0.4 is 15.2 Å². The van der Waals surface area contributed by atoms with Gasteiger partial charge in [-0.15, -0.1) is 0 Å². The van der Waals surface area contributed by atoms with Gasteiger partial charge < -0.3 is 15.2 Å². The Kier molecular flexibility index (Phi) is 6.05. The second-order valence-electron chi connectivity index (χ2n) is 5.88. The number of aryl methyl sites for hydroxylation is 2. The summed E-state index contributed by atoms with van der Waals surface area (Å²) in [5.74, 6) is 1.88. The fourth-order valence-corrected chi connectivity index (χ4v) is 2.98. The molecule has 0 saturated heterocycles. The first-order chi connectivity index (χ1) is 11.1. The van der Waals surface area contributed by atoms with Gasteiger partial charge in [0.05, 0.1) is 13.7 Å². The van der Waals surface area contributed by atoms with E-state index in [-0.39, 0.29) is 5.92 Å². The molecule has 0 amide bonds. The van der Waals surface area contributed by atoms with Crippen LogP contribution in [0.4, 0.5) is 0 Å². The predicted octanol–water partition coefficient (Wildman–Crippen LogP) is 4.00. The van der Waals surface area contributed by atoms with Gasteiger partial charge in [-0.05, 0) is 56.5 Å². The summed E-state index contributed by atoms with van der Waals surface area (Å²) < 4.78 is 11.3.